The van der Waals surface area contributed by atoms with E-state index < -0.39 is 44.3 Å². The summed E-state index contributed by atoms with van der Waals surface area (Å²) in [6, 6.07) is 8.86. The molecule has 0 radical (unpaired) electrons. The molecule has 0 saturated heterocycles. The maximum absolute atomic E-state index is 13.0. The maximum Gasteiger partial charge on any atom is 0.417 e. The molecule has 0 aliphatic carbocycles. The molecular formula is C15H9F3O6S. The summed E-state index contributed by atoms with van der Waals surface area (Å²) < 4.78 is 75.1. The van der Waals surface area contributed by atoms with Gasteiger partial charge in [-0.25, -0.2) is 9.59 Å². The van der Waals surface area contributed by atoms with E-state index in [0.717, 1.165) is 6.07 Å². The van der Waals surface area contributed by atoms with Crippen molar-refractivity contribution in [1.82, 2.24) is 0 Å². The van der Waals surface area contributed by atoms with Crippen LogP contribution in [0.4, 0.5) is 13.2 Å². The molecule has 2 aromatic carbocycles. The minimum absolute atomic E-state index is 0.0729. The summed E-state index contributed by atoms with van der Waals surface area (Å²) >= 11 is 0. The van der Waals surface area contributed by atoms with Crippen LogP contribution in [0, 0.1) is 0 Å². The molecule has 0 heterocycles. The normalized spacial score (nSPS) is 11.8. The fraction of sp³-hybridized carbons (Fsp3) is 0.0667. The number of hydrogen-bond acceptors (Lipinski definition) is 5. The third kappa shape index (κ3) is 4.22. The zero-order valence-electron chi connectivity index (χ0n) is 12.1. The van der Waals surface area contributed by atoms with Crippen LogP contribution in [0.5, 0.6) is 0 Å². The van der Waals surface area contributed by atoms with Crippen molar-refractivity contribution >= 4 is 22.1 Å². The van der Waals surface area contributed by atoms with E-state index in [-0.39, 0.29) is 5.56 Å². The molecule has 0 amide bonds. The minimum Gasteiger partial charge on any atom is -0.386 e. The summed E-state index contributed by atoms with van der Waals surface area (Å²) in [6.07, 6.45) is -5.16. The van der Waals surface area contributed by atoms with Crippen LogP contribution < -0.4 is 0 Å². The van der Waals surface area contributed by atoms with Crippen LogP contribution in [-0.2, 0) is 21.0 Å². The molecule has 0 spiro atoms. The van der Waals surface area contributed by atoms with Gasteiger partial charge in [0, 0.05) is 0 Å². The molecular weight excluding hydrogens is 365 g/mol. The average molecular weight is 374 g/mol. The topological polar surface area (TPSA) is 97.7 Å². The van der Waals surface area contributed by atoms with Crippen molar-refractivity contribution in [3.63, 3.8) is 0 Å². The van der Waals surface area contributed by atoms with Crippen LogP contribution in [0.3, 0.4) is 0 Å². The van der Waals surface area contributed by atoms with Crippen LogP contribution in [0.15, 0.2) is 53.4 Å². The van der Waals surface area contributed by atoms with Gasteiger partial charge in [0.25, 0.3) is 10.1 Å². The highest BCUT2D eigenvalue weighted by molar-refractivity contribution is 7.86. The lowest BCUT2D eigenvalue weighted by Gasteiger charge is -2.13. The first kappa shape index (κ1) is 18.6. The van der Waals surface area contributed by atoms with Gasteiger partial charge in [-0.05, 0) is 24.3 Å². The van der Waals surface area contributed by atoms with Gasteiger partial charge in [-0.15, -0.1) is 0 Å². The maximum atomic E-state index is 13.0. The molecule has 1 N–H and O–H groups in total. The molecule has 0 saturated carbocycles. The third-order valence-electron chi connectivity index (χ3n) is 2.99. The molecule has 10 heteroatoms. The number of benzene rings is 2. The molecule has 0 bridgehead atoms. The van der Waals surface area contributed by atoms with E-state index >= 15 is 0 Å². The van der Waals surface area contributed by atoms with Crippen molar-refractivity contribution < 1.29 is 40.5 Å². The molecule has 2 rings (SSSR count). The van der Waals surface area contributed by atoms with E-state index in [1.165, 1.54) is 24.3 Å². The fourth-order valence-electron chi connectivity index (χ4n) is 1.97. The van der Waals surface area contributed by atoms with Crippen LogP contribution in [0.2, 0.25) is 0 Å². The molecule has 0 aliphatic rings. The van der Waals surface area contributed by atoms with Crippen molar-refractivity contribution in [1.29, 1.82) is 0 Å². The standard InChI is InChI=1S/C15H9F3O6S/c16-15(17,18)11-8-4-7-10(12(11)25(21,22)23)14(20)24-13(19)9-5-2-1-3-6-9/h1-8H,(H,21,22,23). The number of carbonyl (C=O) groups excluding carboxylic acids is 2. The van der Waals surface area contributed by atoms with Gasteiger partial charge < -0.3 is 4.74 Å². The van der Waals surface area contributed by atoms with Crippen LogP contribution in [0.1, 0.15) is 26.3 Å². The molecule has 25 heavy (non-hydrogen) atoms. The Labute approximate surface area is 139 Å². The van der Waals surface area contributed by atoms with Gasteiger partial charge in [-0.3, -0.25) is 4.55 Å². The van der Waals surface area contributed by atoms with E-state index in [1.54, 1.807) is 6.07 Å². The number of esters is 2. The largest absolute Gasteiger partial charge is 0.417 e. The fourth-order valence-corrected chi connectivity index (χ4v) is 2.86. The number of rotatable bonds is 3. The van der Waals surface area contributed by atoms with E-state index in [1.807, 2.05) is 0 Å². The molecule has 132 valence electrons. The molecule has 6 nitrogen and oxygen atoms in total. The SMILES string of the molecule is O=C(OC(=O)c1cccc(C(F)(F)F)c1S(=O)(=O)O)c1ccccc1. The second-order valence-corrected chi connectivity index (χ2v) is 6.06. The highest BCUT2D eigenvalue weighted by Gasteiger charge is 2.39. The molecule has 0 unspecified atom stereocenters. The lowest BCUT2D eigenvalue weighted by Crippen LogP contribution is -2.20. The first-order chi connectivity index (χ1) is 11.5. The highest BCUT2D eigenvalue weighted by atomic mass is 32.2. The summed E-state index contributed by atoms with van der Waals surface area (Å²) in [4.78, 5) is 22.1. The van der Waals surface area contributed by atoms with E-state index in [4.69, 9.17) is 4.55 Å². The van der Waals surface area contributed by atoms with Gasteiger partial charge in [0.05, 0.1) is 16.7 Å². The molecule has 0 aromatic heterocycles. The van der Waals surface area contributed by atoms with Gasteiger partial charge in [0.1, 0.15) is 4.90 Å². The number of halogens is 3. The first-order valence-electron chi connectivity index (χ1n) is 6.51. The molecule has 0 aliphatic heterocycles. The minimum atomic E-state index is -5.42. The second-order valence-electron chi connectivity index (χ2n) is 4.70. The number of alkyl halides is 3. The van der Waals surface area contributed by atoms with Gasteiger partial charge in [0.2, 0.25) is 0 Å². The Morgan fingerprint density at radius 3 is 2.04 bits per heavy atom. The summed E-state index contributed by atoms with van der Waals surface area (Å²) in [6.45, 7) is 0. The van der Waals surface area contributed by atoms with Crippen molar-refractivity contribution in [3.8, 4) is 0 Å². The molecule has 0 atom stereocenters. The number of hydrogen-bond donors (Lipinski definition) is 1. The van der Waals surface area contributed by atoms with Crippen molar-refractivity contribution in [3.05, 3.63) is 65.2 Å². The van der Waals surface area contributed by atoms with Crippen molar-refractivity contribution in [2.45, 2.75) is 11.1 Å². The zero-order valence-corrected chi connectivity index (χ0v) is 13.0. The molecule has 0 fully saturated rings. The van der Waals surface area contributed by atoms with E-state index in [9.17, 15) is 31.2 Å². The van der Waals surface area contributed by atoms with Crippen molar-refractivity contribution in [2.75, 3.05) is 0 Å². The summed E-state index contributed by atoms with van der Waals surface area (Å²) in [5.41, 5.74) is -2.94. The van der Waals surface area contributed by atoms with Crippen LogP contribution in [-0.4, -0.2) is 24.9 Å². The zero-order chi connectivity index (χ0) is 18.8. The van der Waals surface area contributed by atoms with Crippen molar-refractivity contribution in [2.24, 2.45) is 0 Å². The Morgan fingerprint density at radius 1 is 0.920 bits per heavy atom. The summed E-state index contributed by atoms with van der Waals surface area (Å²) in [5.74, 6) is -2.84. The van der Waals surface area contributed by atoms with Gasteiger partial charge >= 0.3 is 18.1 Å². The predicted molar refractivity (Wildman–Crippen MR) is 77.4 cm³/mol. The lowest BCUT2D eigenvalue weighted by atomic mass is 10.1. The average Bonchev–Trinajstić information content (AvgIpc) is 2.53. The monoisotopic (exact) mass is 374 g/mol. The Kier molecular flexibility index (Phi) is 4.95. The third-order valence-corrected chi connectivity index (χ3v) is 3.95. The lowest BCUT2D eigenvalue weighted by molar-refractivity contribution is -0.140. The quantitative estimate of drug-likeness (QED) is 0.504. The second kappa shape index (κ2) is 6.65. The summed E-state index contributed by atoms with van der Waals surface area (Å²) in [7, 11) is -5.42. The van der Waals surface area contributed by atoms with E-state index in [0.29, 0.717) is 12.1 Å². The van der Waals surface area contributed by atoms with Gasteiger partial charge in [-0.2, -0.15) is 21.6 Å². The molecule has 2 aromatic rings. The smallest absolute Gasteiger partial charge is 0.386 e. The Balaban J connectivity index is 2.49. The van der Waals surface area contributed by atoms with Crippen LogP contribution in [0.25, 0.3) is 0 Å². The number of ether oxygens (including phenoxy) is 1. The highest BCUT2D eigenvalue weighted by Crippen LogP contribution is 2.36. The predicted octanol–water partition coefficient (Wildman–Crippen LogP) is 2.95. The first-order valence-corrected chi connectivity index (χ1v) is 7.95. The van der Waals surface area contributed by atoms with Gasteiger partial charge in [0.15, 0.2) is 0 Å². The van der Waals surface area contributed by atoms with E-state index in [2.05, 4.69) is 4.74 Å². The van der Waals surface area contributed by atoms with Crippen LogP contribution >= 0.6 is 0 Å². The number of carbonyl (C=O) groups is 2. The Bertz CT molecular complexity index is 920. The Morgan fingerprint density at radius 2 is 1.52 bits per heavy atom. The Hall–Kier alpha value is -2.72. The van der Waals surface area contributed by atoms with Gasteiger partial charge in [-0.1, -0.05) is 24.3 Å². The summed E-state index contributed by atoms with van der Waals surface area (Å²) in [5, 5.41) is 0.